The molecule has 1 aromatic rings. The minimum atomic E-state index is -1.29. The number of carbonyl (C=O) groups is 2. The Hall–Kier alpha value is -2.15. The van der Waals surface area contributed by atoms with Crippen molar-refractivity contribution in [3.63, 3.8) is 0 Å². The van der Waals surface area contributed by atoms with Gasteiger partial charge in [-0.2, -0.15) is 0 Å². The third-order valence-corrected chi connectivity index (χ3v) is 3.38. The molecule has 24 heavy (non-hydrogen) atoms. The molecule has 0 radical (unpaired) electrons. The molecule has 1 rings (SSSR count). The average molecular weight is 340 g/mol. The minimum absolute atomic E-state index is 0.189. The summed E-state index contributed by atoms with van der Waals surface area (Å²) in [6.07, 6.45) is -0.932. The number of nitrogens with one attached hydrogen (secondary N) is 1. The number of halogens is 1. The maximum Gasteiger partial charge on any atom is 0.408 e. The van der Waals surface area contributed by atoms with E-state index in [9.17, 15) is 14.0 Å². The Labute approximate surface area is 141 Å². The molecule has 0 aromatic heterocycles. The molecule has 0 saturated carbocycles. The van der Waals surface area contributed by atoms with Gasteiger partial charge in [-0.05, 0) is 33.8 Å². The molecule has 1 aromatic carbocycles. The maximum atomic E-state index is 14.3. The number of ether oxygens (including phenoxy) is 1. The molecule has 0 saturated heterocycles. The lowest BCUT2D eigenvalue weighted by Crippen LogP contribution is -2.49. The van der Waals surface area contributed by atoms with E-state index in [4.69, 9.17) is 9.57 Å². The lowest BCUT2D eigenvalue weighted by molar-refractivity contribution is -0.170. The topological polar surface area (TPSA) is 67.9 Å². The number of hydroxylamine groups is 2. The minimum Gasteiger partial charge on any atom is -0.444 e. The third-order valence-electron chi connectivity index (χ3n) is 3.38. The van der Waals surface area contributed by atoms with Crippen LogP contribution in [0.5, 0.6) is 0 Å². The molecule has 0 aliphatic carbocycles. The normalized spacial score (nSPS) is 13.8. The van der Waals surface area contributed by atoms with Crippen molar-refractivity contribution in [3.8, 4) is 0 Å². The largest absolute Gasteiger partial charge is 0.444 e. The van der Waals surface area contributed by atoms with Crippen molar-refractivity contribution < 1.29 is 23.6 Å². The van der Waals surface area contributed by atoms with Crippen molar-refractivity contribution >= 4 is 12.0 Å². The van der Waals surface area contributed by atoms with Crippen LogP contribution in [0, 0.1) is 5.82 Å². The molecule has 6 nitrogen and oxygen atoms in total. The predicted octanol–water partition coefficient (Wildman–Crippen LogP) is 2.98. The van der Waals surface area contributed by atoms with Crippen LogP contribution in [0.25, 0.3) is 0 Å². The summed E-state index contributed by atoms with van der Waals surface area (Å²) in [6.45, 7) is 6.72. The summed E-state index contributed by atoms with van der Waals surface area (Å²) in [7, 11) is 2.79. The van der Waals surface area contributed by atoms with Gasteiger partial charge in [-0.3, -0.25) is 9.63 Å². The van der Waals surface area contributed by atoms with Crippen LogP contribution in [0.15, 0.2) is 24.3 Å². The van der Waals surface area contributed by atoms with Crippen LogP contribution in [0.1, 0.15) is 39.7 Å². The second kappa shape index (κ2) is 7.61. The predicted molar refractivity (Wildman–Crippen MR) is 87.5 cm³/mol. The third kappa shape index (κ3) is 5.49. The van der Waals surface area contributed by atoms with Gasteiger partial charge in [-0.1, -0.05) is 18.2 Å². The molecule has 0 aliphatic rings. The Morgan fingerprint density at radius 3 is 2.29 bits per heavy atom. The Morgan fingerprint density at radius 1 is 1.21 bits per heavy atom. The number of hydrogen-bond donors (Lipinski definition) is 1. The second-order valence-corrected chi connectivity index (χ2v) is 6.69. The summed E-state index contributed by atoms with van der Waals surface area (Å²) in [6, 6.07) is 5.97. The van der Waals surface area contributed by atoms with E-state index >= 15 is 0 Å². The highest BCUT2D eigenvalue weighted by Crippen LogP contribution is 2.28. The maximum absolute atomic E-state index is 14.3. The lowest BCUT2D eigenvalue weighted by Gasteiger charge is -2.33. The fourth-order valence-electron chi connectivity index (χ4n) is 2.16. The summed E-state index contributed by atoms with van der Waals surface area (Å²) in [5, 5.41) is 3.64. The zero-order chi connectivity index (χ0) is 18.5. The first kappa shape index (κ1) is 19.9. The van der Waals surface area contributed by atoms with Gasteiger partial charge in [0.25, 0.3) is 0 Å². The van der Waals surface area contributed by atoms with Gasteiger partial charge in [0.1, 0.15) is 11.4 Å². The molecule has 0 fully saturated rings. The SMILES string of the molecule is CON(C)C(=O)CC(C)(NC(=O)OC(C)(C)C)c1ccccc1F. The quantitative estimate of drug-likeness (QED) is 0.837. The van der Waals surface area contributed by atoms with Gasteiger partial charge in [0.05, 0.1) is 19.1 Å². The molecular formula is C17H25FN2O4. The van der Waals surface area contributed by atoms with Gasteiger partial charge < -0.3 is 10.1 Å². The summed E-state index contributed by atoms with van der Waals surface area (Å²) in [4.78, 5) is 29.3. The number of rotatable bonds is 5. The summed E-state index contributed by atoms with van der Waals surface area (Å²) < 4.78 is 19.5. The van der Waals surface area contributed by atoms with E-state index in [1.54, 1.807) is 33.8 Å². The molecule has 0 bridgehead atoms. The number of amides is 2. The number of hydrogen-bond acceptors (Lipinski definition) is 4. The summed E-state index contributed by atoms with van der Waals surface area (Å²) in [5.41, 5.74) is -1.82. The smallest absolute Gasteiger partial charge is 0.408 e. The second-order valence-electron chi connectivity index (χ2n) is 6.69. The van der Waals surface area contributed by atoms with Crippen LogP contribution in [0.4, 0.5) is 9.18 Å². The lowest BCUT2D eigenvalue weighted by atomic mass is 9.87. The first-order valence-corrected chi connectivity index (χ1v) is 7.55. The highest BCUT2D eigenvalue weighted by molar-refractivity contribution is 5.78. The van der Waals surface area contributed by atoms with Gasteiger partial charge in [0.2, 0.25) is 5.91 Å². The van der Waals surface area contributed by atoms with E-state index in [0.29, 0.717) is 0 Å². The van der Waals surface area contributed by atoms with Gasteiger partial charge in [-0.15, -0.1) is 0 Å². The van der Waals surface area contributed by atoms with Crippen LogP contribution >= 0.6 is 0 Å². The van der Waals surface area contributed by atoms with Crippen molar-refractivity contribution in [1.29, 1.82) is 0 Å². The van der Waals surface area contributed by atoms with Gasteiger partial charge in [-0.25, -0.2) is 14.2 Å². The van der Waals surface area contributed by atoms with Crippen molar-refractivity contribution in [1.82, 2.24) is 10.4 Å². The van der Waals surface area contributed by atoms with Crippen molar-refractivity contribution in [3.05, 3.63) is 35.6 Å². The van der Waals surface area contributed by atoms with E-state index in [0.717, 1.165) is 5.06 Å². The molecule has 1 N–H and O–H groups in total. The monoisotopic (exact) mass is 340 g/mol. The molecule has 0 aliphatic heterocycles. The molecule has 2 amide bonds. The van der Waals surface area contributed by atoms with Gasteiger partial charge in [0.15, 0.2) is 0 Å². The molecule has 0 spiro atoms. The molecule has 0 heterocycles. The van der Waals surface area contributed by atoms with Crippen molar-refractivity contribution in [2.45, 2.75) is 45.3 Å². The molecule has 134 valence electrons. The summed E-state index contributed by atoms with van der Waals surface area (Å²) >= 11 is 0. The number of benzene rings is 1. The van der Waals surface area contributed by atoms with Crippen LogP contribution in [0.3, 0.4) is 0 Å². The highest BCUT2D eigenvalue weighted by Gasteiger charge is 2.36. The van der Waals surface area contributed by atoms with Gasteiger partial charge in [0, 0.05) is 12.6 Å². The van der Waals surface area contributed by atoms with Crippen LogP contribution in [0.2, 0.25) is 0 Å². The van der Waals surface area contributed by atoms with E-state index in [1.165, 1.54) is 32.4 Å². The van der Waals surface area contributed by atoms with Crippen molar-refractivity contribution in [2.75, 3.05) is 14.2 Å². The number of alkyl carbamates (subject to hydrolysis) is 1. The van der Waals surface area contributed by atoms with E-state index < -0.39 is 29.0 Å². The molecule has 1 atom stereocenters. The van der Waals surface area contributed by atoms with Gasteiger partial charge >= 0.3 is 6.09 Å². The Morgan fingerprint density at radius 2 is 1.79 bits per heavy atom. The Bertz CT molecular complexity index is 600. The first-order chi connectivity index (χ1) is 11.0. The first-order valence-electron chi connectivity index (χ1n) is 7.55. The Kier molecular flexibility index (Phi) is 6.31. The zero-order valence-electron chi connectivity index (χ0n) is 15.0. The van der Waals surface area contributed by atoms with E-state index in [2.05, 4.69) is 5.32 Å². The van der Waals surface area contributed by atoms with E-state index in [-0.39, 0.29) is 12.0 Å². The van der Waals surface area contributed by atoms with E-state index in [1.807, 2.05) is 0 Å². The Balaban J connectivity index is 3.14. The fourth-order valence-corrected chi connectivity index (χ4v) is 2.16. The van der Waals surface area contributed by atoms with Crippen LogP contribution < -0.4 is 5.32 Å². The highest BCUT2D eigenvalue weighted by atomic mass is 19.1. The molecule has 7 heteroatoms. The average Bonchev–Trinajstić information content (AvgIpc) is 2.44. The summed E-state index contributed by atoms with van der Waals surface area (Å²) in [5.74, 6) is -0.941. The zero-order valence-corrected chi connectivity index (χ0v) is 15.0. The van der Waals surface area contributed by atoms with Crippen LogP contribution in [-0.4, -0.2) is 36.8 Å². The fraction of sp³-hybridized carbons (Fsp3) is 0.529. The number of nitrogens with zero attached hydrogens (tertiary/aromatic N) is 1. The number of carbonyl (C=O) groups excluding carboxylic acids is 2. The molecule has 1 unspecified atom stereocenters. The standard InChI is InChI=1S/C17H25FN2O4/c1-16(2,3)24-15(22)19-17(4,11-14(21)20(5)23-6)12-9-7-8-10-13(12)18/h7-10H,11H2,1-6H3,(H,19,22). The molecular weight excluding hydrogens is 315 g/mol. The van der Waals surface area contributed by atoms with Crippen molar-refractivity contribution in [2.24, 2.45) is 0 Å². The van der Waals surface area contributed by atoms with Crippen LogP contribution in [-0.2, 0) is 19.9 Å².